The molecule has 2 aromatic carbocycles. The van der Waals surface area contributed by atoms with Crippen molar-refractivity contribution in [2.75, 3.05) is 27.4 Å². The molecule has 0 saturated heterocycles. The summed E-state index contributed by atoms with van der Waals surface area (Å²) in [5.41, 5.74) is -0.184. The van der Waals surface area contributed by atoms with Crippen molar-refractivity contribution in [3.05, 3.63) is 63.3 Å². The fraction of sp³-hybridized carbons (Fsp3) is 0.227. The van der Waals surface area contributed by atoms with Crippen molar-refractivity contribution in [2.45, 2.75) is 6.61 Å². The van der Waals surface area contributed by atoms with Gasteiger partial charge in [0.1, 0.15) is 30.8 Å². The second-order valence-corrected chi connectivity index (χ2v) is 7.41. The van der Waals surface area contributed by atoms with E-state index >= 15 is 0 Å². The van der Waals surface area contributed by atoms with Crippen LogP contribution in [0.2, 0.25) is 5.02 Å². The molecule has 2 N–H and O–H groups in total. The number of benzene rings is 2. The molecule has 0 amide bonds. The van der Waals surface area contributed by atoms with E-state index in [1.54, 1.807) is 0 Å². The Morgan fingerprint density at radius 2 is 1.86 bits per heavy atom. The number of fused-ring (bicyclic) bond motifs is 1. The van der Waals surface area contributed by atoms with Crippen LogP contribution in [0.1, 0.15) is 5.56 Å². The largest absolute Gasteiger partial charge is 0.496 e. The summed E-state index contributed by atoms with van der Waals surface area (Å²) >= 11 is 6.45. The van der Waals surface area contributed by atoms with E-state index in [4.69, 9.17) is 35.7 Å². The molecule has 0 atom stereocenters. The number of aliphatic hydroxyl groups excluding tert-OH is 1. The highest BCUT2D eigenvalue weighted by atomic mass is 35.5. The Balaban J connectivity index is 1.82. The molecule has 0 saturated carbocycles. The molecule has 0 bridgehead atoms. The first-order chi connectivity index (χ1) is 16.9. The Hall–Kier alpha value is -3.90. The number of imidazole rings is 1. The Bertz CT molecular complexity index is 1440. The molecular weight excluding hydrogens is 490 g/mol. The topological polar surface area (TPSA) is 121 Å². The van der Waals surface area contributed by atoms with Gasteiger partial charge in [0, 0.05) is 12.1 Å². The molecule has 13 heteroatoms. The van der Waals surface area contributed by atoms with E-state index in [-0.39, 0.29) is 63.8 Å². The minimum Gasteiger partial charge on any atom is -0.496 e. The molecule has 184 valence electrons. The second kappa shape index (κ2) is 10.2. The summed E-state index contributed by atoms with van der Waals surface area (Å²) in [5, 5.41) is 9.24. The van der Waals surface area contributed by atoms with Crippen molar-refractivity contribution >= 4 is 22.8 Å². The molecule has 0 aliphatic carbocycles. The van der Waals surface area contributed by atoms with Crippen LogP contribution in [0.15, 0.2) is 35.4 Å². The van der Waals surface area contributed by atoms with E-state index in [0.29, 0.717) is 0 Å². The van der Waals surface area contributed by atoms with Crippen LogP contribution in [0.4, 0.5) is 8.78 Å². The average Bonchev–Trinajstić information content (AvgIpc) is 3.19. The van der Waals surface area contributed by atoms with E-state index in [2.05, 4.69) is 15.0 Å². The average molecular weight is 509 g/mol. The van der Waals surface area contributed by atoms with E-state index in [1.165, 1.54) is 43.3 Å². The van der Waals surface area contributed by atoms with Gasteiger partial charge in [-0.1, -0.05) is 11.6 Å². The molecule has 0 radical (unpaired) electrons. The molecular formula is C22H19ClF2N4O6. The molecule has 0 spiro atoms. The van der Waals surface area contributed by atoms with E-state index in [0.717, 1.165) is 6.07 Å². The lowest BCUT2D eigenvalue weighted by Crippen LogP contribution is -2.16. The van der Waals surface area contributed by atoms with Crippen molar-refractivity contribution in [3.63, 3.8) is 0 Å². The Morgan fingerprint density at radius 3 is 2.57 bits per heavy atom. The van der Waals surface area contributed by atoms with Gasteiger partial charge in [-0.25, -0.2) is 23.1 Å². The standard InChI is InChI=1S/C22H19ClF2N4O6/c1-32-15-4-3-13(24)18(25)11(15)9-35-17-8-14(12(23)7-16(17)34-6-5-30)29-20-19(28-22(29)31)21(33-2)27-10-26-20/h3-4,7-8,10,30H,5-6,9H2,1-2H3,(H,28,31). The van der Waals surface area contributed by atoms with Gasteiger partial charge in [0.2, 0.25) is 5.88 Å². The third kappa shape index (κ3) is 4.57. The maximum absolute atomic E-state index is 14.4. The molecule has 2 heterocycles. The molecule has 0 fully saturated rings. The number of hydrogen-bond acceptors (Lipinski definition) is 8. The minimum absolute atomic E-state index is 0.0332. The number of nitrogens with zero attached hydrogens (tertiary/aromatic N) is 3. The Morgan fingerprint density at radius 1 is 1.09 bits per heavy atom. The number of aromatic nitrogens is 4. The number of H-pyrrole nitrogens is 1. The van der Waals surface area contributed by atoms with Crippen LogP contribution in [-0.2, 0) is 6.61 Å². The summed E-state index contributed by atoms with van der Waals surface area (Å²) in [7, 11) is 2.70. The van der Waals surface area contributed by atoms with Crippen LogP contribution in [0.3, 0.4) is 0 Å². The van der Waals surface area contributed by atoms with Crippen molar-refractivity contribution in [1.82, 2.24) is 19.5 Å². The molecule has 0 aliphatic heterocycles. The molecule has 0 aliphatic rings. The number of methoxy groups -OCH3 is 2. The maximum atomic E-state index is 14.4. The van der Waals surface area contributed by atoms with Gasteiger partial charge < -0.3 is 24.1 Å². The number of nitrogens with one attached hydrogen (secondary N) is 1. The first kappa shape index (κ1) is 24.2. The lowest BCUT2D eigenvalue weighted by Gasteiger charge is -2.17. The molecule has 2 aromatic heterocycles. The first-order valence-electron chi connectivity index (χ1n) is 10.1. The SMILES string of the molecule is COc1ccc(F)c(F)c1COc1cc(-n2c(=O)[nH]c3c(OC)ncnc32)c(Cl)cc1OCCO. The molecule has 4 rings (SSSR count). The molecule has 0 unspecified atom stereocenters. The Kier molecular flexibility index (Phi) is 7.03. The smallest absolute Gasteiger partial charge is 0.332 e. The third-order valence-electron chi connectivity index (χ3n) is 4.98. The van der Waals surface area contributed by atoms with Gasteiger partial charge in [-0.15, -0.1) is 0 Å². The van der Waals surface area contributed by atoms with Crippen LogP contribution >= 0.6 is 11.6 Å². The predicted molar refractivity (Wildman–Crippen MR) is 121 cm³/mol. The zero-order chi connectivity index (χ0) is 25.1. The second-order valence-electron chi connectivity index (χ2n) is 7.00. The van der Waals surface area contributed by atoms with Crippen molar-refractivity contribution in [1.29, 1.82) is 0 Å². The maximum Gasteiger partial charge on any atom is 0.332 e. The van der Waals surface area contributed by atoms with Gasteiger partial charge in [0.25, 0.3) is 0 Å². The van der Waals surface area contributed by atoms with Gasteiger partial charge in [-0.3, -0.25) is 4.98 Å². The Labute approximate surface area is 201 Å². The van der Waals surface area contributed by atoms with E-state index in [1.807, 2.05) is 0 Å². The highest BCUT2D eigenvalue weighted by molar-refractivity contribution is 6.32. The number of ether oxygens (including phenoxy) is 4. The normalized spacial score (nSPS) is 11.0. The summed E-state index contributed by atoms with van der Waals surface area (Å²) < 4.78 is 50.9. The summed E-state index contributed by atoms with van der Waals surface area (Å²) in [6, 6.07) is 4.95. The van der Waals surface area contributed by atoms with Gasteiger partial charge in [-0.2, -0.15) is 4.98 Å². The highest BCUT2D eigenvalue weighted by Crippen LogP contribution is 2.37. The van der Waals surface area contributed by atoms with Crippen LogP contribution < -0.4 is 24.6 Å². The summed E-state index contributed by atoms with van der Waals surface area (Å²) in [4.78, 5) is 23.5. The fourth-order valence-corrected chi connectivity index (χ4v) is 3.64. The summed E-state index contributed by atoms with van der Waals surface area (Å²) in [6.07, 6.45) is 1.22. The zero-order valence-electron chi connectivity index (χ0n) is 18.5. The molecule has 35 heavy (non-hydrogen) atoms. The number of halogens is 3. The summed E-state index contributed by atoms with van der Waals surface area (Å²) in [6.45, 7) is -0.840. The van der Waals surface area contributed by atoms with Crippen molar-refractivity contribution in [2.24, 2.45) is 0 Å². The number of aliphatic hydroxyl groups is 1. The lowest BCUT2D eigenvalue weighted by molar-refractivity contribution is 0.191. The van der Waals surface area contributed by atoms with Crippen LogP contribution in [0.5, 0.6) is 23.1 Å². The quantitative estimate of drug-likeness (QED) is 0.354. The molecule has 4 aromatic rings. The molecule has 10 nitrogen and oxygen atoms in total. The van der Waals surface area contributed by atoms with Crippen molar-refractivity contribution < 1.29 is 32.8 Å². The number of aromatic amines is 1. The lowest BCUT2D eigenvalue weighted by atomic mass is 10.2. The van der Waals surface area contributed by atoms with Gasteiger partial charge >= 0.3 is 5.69 Å². The number of rotatable bonds is 9. The third-order valence-corrected chi connectivity index (χ3v) is 5.28. The van der Waals surface area contributed by atoms with Gasteiger partial charge in [0.05, 0.1) is 37.1 Å². The zero-order valence-corrected chi connectivity index (χ0v) is 19.2. The van der Waals surface area contributed by atoms with E-state index in [9.17, 15) is 13.6 Å². The van der Waals surface area contributed by atoms with Gasteiger partial charge in [-0.05, 0) is 12.1 Å². The minimum atomic E-state index is -1.13. The van der Waals surface area contributed by atoms with E-state index < -0.39 is 23.9 Å². The van der Waals surface area contributed by atoms with Crippen LogP contribution in [-0.4, -0.2) is 52.1 Å². The van der Waals surface area contributed by atoms with Crippen LogP contribution in [0, 0.1) is 11.6 Å². The number of hydrogen-bond donors (Lipinski definition) is 2. The van der Waals surface area contributed by atoms with Gasteiger partial charge in [0.15, 0.2) is 28.8 Å². The predicted octanol–water partition coefficient (Wildman–Crippen LogP) is 3.01. The summed E-state index contributed by atoms with van der Waals surface area (Å²) in [5.74, 6) is -1.85. The van der Waals surface area contributed by atoms with Crippen molar-refractivity contribution in [3.8, 4) is 28.8 Å². The van der Waals surface area contributed by atoms with Crippen LogP contribution in [0.25, 0.3) is 16.9 Å². The monoisotopic (exact) mass is 508 g/mol. The highest BCUT2D eigenvalue weighted by Gasteiger charge is 2.21. The first-order valence-corrected chi connectivity index (χ1v) is 10.5. The fourth-order valence-electron chi connectivity index (χ4n) is 3.40.